The SMILES string of the molecule is CC(C)(C)C1CN(c2ccc3c(c2)CNCC3)C1. The summed E-state index contributed by atoms with van der Waals surface area (Å²) in [4.78, 5) is 2.52. The predicted octanol–water partition coefficient (Wildman–Crippen LogP) is 2.81. The molecular weight excluding hydrogens is 220 g/mol. The Labute approximate surface area is 110 Å². The number of rotatable bonds is 1. The Bertz CT molecular complexity index is 439. The van der Waals surface area contributed by atoms with Crippen LogP contribution in [0, 0.1) is 11.3 Å². The van der Waals surface area contributed by atoms with E-state index in [0.29, 0.717) is 5.41 Å². The standard InChI is InChI=1S/C16H24N2/c1-16(2,3)14-10-18(11-14)15-5-4-12-6-7-17-9-13(12)8-15/h4-5,8,14,17H,6-7,9-11H2,1-3H3. The first-order chi connectivity index (χ1) is 8.54. The zero-order valence-electron chi connectivity index (χ0n) is 11.8. The second-order valence-corrected chi connectivity index (χ2v) is 6.85. The molecule has 2 heteroatoms. The monoisotopic (exact) mass is 244 g/mol. The second-order valence-electron chi connectivity index (χ2n) is 6.85. The van der Waals surface area contributed by atoms with E-state index in [0.717, 1.165) is 19.0 Å². The molecule has 0 bridgehead atoms. The number of hydrogen-bond acceptors (Lipinski definition) is 2. The predicted molar refractivity (Wildman–Crippen MR) is 77.0 cm³/mol. The molecule has 2 nitrogen and oxygen atoms in total. The molecule has 0 unspecified atom stereocenters. The van der Waals surface area contributed by atoms with Gasteiger partial charge < -0.3 is 10.2 Å². The van der Waals surface area contributed by atoms with Crippen molar-refractivity contribution in [3.05, 3.63) is 29.3 Å². The minimum absolute atomic E-state index is 0.451. The normalized spacial score (nSPS) is 20.5. The molecule has 0 spiro atoms. The lowest BCUT2D eigenvalue weighted by atomic mass is 9.76. The lowest BCUT2D eigenvalue weighted by Gasteiger charge is -2.47. The number of hydrogen-bond donors (Lipinski definition) is 1. The van der Waals surface area contributed by atoms with Crippen LogP contribution in [0.1, 0.15) is 31.9 Å². The Hall–Kier alpha value is -1.02. The zero-order chi connectivity index (χ0) is 12.8. The Morgan fingerprint density at radius 3 is 2.67 bits per heavy atom. The van der Waals surface area contributed by atoms with Gasteiger partial charge in [0, 0.05) is 25.3 Å². The molecule has 1 fully saturated rings. The van der Waals surface area contributed by atoms with Crippen molar-refractivity contribution < 1.29 is 0 Å². The maximum Gasteiger partial charge on any atom is 0.0369 e. The molecule has 0 radical (unpaired) electrons. The van der Waals surface area contributed by atoms with Crippen LogP contribution >= 0.6 is 0 Å². The van der Waals surface area contributed by atoms with Crippen LogP contribution in [-0.4, -0.2) is 19.6 Å². The summed E-state index contributed by atoms with van der Waals surface area (Å²) in [7, 11) is 0. The van der Waals surface area contributed by atoms with Crippen LogP contribution in [0.15, 0.2) is 18.2 Å². The van der Waals surface area contributed by atoms with Gasteiger partial charge in [0.2, 0.25) is 0 Å². The molecule has 2 aliphatic heterocycles. The summed E-state index contributed by atoms with van der Waals surface area (Å²) < 4.78 is 0. The van der Waals surface area contributed by atoms with E-state index in [2.05, 4.69) is 49.2 Å². The molecule has 1 aromatic rings. The molecule has 1 saturated heterocycles. The van der Waals surface area contributed by atoms with Gasteiger partial charge in [-0.1, -0.05) is 26.8 Å². The average molecular weight is 244 g/mol. The molecule has 2 heterocycles. The minimum atomic E-state index is 0.451. The first-order valence-corrected chi connectivity index (χ1v) is 7.11. The summed E-state index contributed by atoms with van der Waals surface area (Å²) in [5, 5.41) is 3.46. The van der Waals surface area contributed by atoms with Crippen molar-refractivity contribution in [1.82, 2.24) is 5.32 Å². The Balaban J connectivity index is 1.72. The van der Waals surface area contributed by atoms with Crippen molar-refractivity contribution in [2.45, 2.75) is 33.7 Å². The fraction of sp³-hybridized carbons (Fsp3) is 0.625. The highest BCUT2D eigenvalue weighted by Gasteiger charge is 2.35. The third kappa shape index (κ3) is 2.14. The lowest BCUT2D eigenvalue weighted by Crippen LogP contribution is -2.52. The molecule has 1 N–H and O–H groups in total. The molecule has 98 valence electrons. The summed E-state index contributed by atoms with van der Waals surface area (Å²) in [6.07, 6.45) is 1.18. The quantitative estimate of drug-likeness (QED) is 0.817. The van der Waals surface area contributed by atoms with Crippen LogP contribution in [0.4, 0.5) is 5.69 Å². The first kappa shape index (κ1) is 12.0. The number of nitrogens with zero attached hydrogens (tertiary/aromatic N) is 1. The van der Waals surface area contributed by atoms with E-state index in [1.54, 1.807) is 0 Å². The van der Waals surface area contributed by atoms with Gasteiger partial charge in [0.15, 0.2) is 0 Å². The molecule has 0 atom stereocenters. The van der Waals surface area contributed by atoms with E-state index >= 15 is 0 Å². The lowest BCUT2D eigenvalue weighted by molar-refractivity contribution is 0.195. The van der Waals surface area contributed by atoms with Crippen molar-refractivity contribution in [3.8, 4) is 0 Å². The summed E-state index contributed by atoms with van der Waals surface area (Å²) >= 11 is 0. The van der Waals surface area contributed by atoms with Crippen molar-refractivity contribution in [2.75, 3.05) is 24.5 Å². The van der Waals surface area contributed by atoms with Gasteiger partial charge >= 0.3 is 0 Å². The van der Waals surface area contributed by atoms with Gasteiger partial charge in [-0.15, -0.1) is 0 Å². The minimum Gasteiger partial charge on any atom is -0.371 e. The maximum atomic E-state index is 3.46. The van der Waals surface area contributed by atoms with Crippen LogP contribution in [0.3, 0.4) is 0 Å². The van der Waals surface area contributed by atoms with Gasteiger partial charge in [0.1, 0.15) is 0 Å². The van der Waals surface area contributed by atoms with Gasteiger partial charge in [-0.3, -0.25) is 0 Å². The van der Waals surface area contributed by atoms with Crippen LogP contribution in [0.5, 0.6) is 0 Å². The van der Waals surface area contributed by atoms with E-state index in [4.69, 9.17) is 0 Å². The van der Waals surface area contributed by atoms with Crippen molar-refractivity contribution in [3.63, 3.8) is 0 Å². The first-order valence-electron chi connectivity index (χ1n) is 7.11. The highest BCUT2D eigenvalue weighted by Crippen LogP contribution is 2.36. The molecule has 0 saturated carbocycles. The van der Waals surface area contributed by atoms with E-state index in [9.17, 15) is 0 Å². The van der Waals surface area contributed by atoms with Crippen LogP contribution < -0.4 is 10.2 Å². The summed E-state index contributed by atoms with van der Waals surface area (Å²) in [6, 6.07) is 7.03. The molecule has 18 heavy (non-hydrogen) atoms. The number of anilines is 1. The van der Waals surface area contributed by atoms with E-state index in [1.165, 1.54) is 36.3 Å². The van der Waals surface area contributed by atoms with E-state index in [-0.39, 0.29) is 0 Å². The molecule has 1 aromatic carbocycles. The summed E-state index contributed by atoms with van der Waals surface area (Å²) in [6.45, 7) is 11.7. The number of benzene rings is 1. The van der Waals surface area contributed by atoms with Crippen LogP contribution in [0.25, 0.3) is 0 Å². The third-order valence-corrected chi connectivity index (χ3v) is 4.55. The van der Waals surface area contributed by atoms with Gasteiger partial charge in [0.25, 0.3) is 0 Å². The smallest absolute Gasteiger partial charge is 0.0369 e. The van der Waals surface area contributed by atoms with Gasteiger partial charge in [-0.25, -0.2) is 0 Å². The highest BCUT2D eigenvalue weighted by molar-refractivity contribution is 5.53. The topological polar surface area (TPSA) is 15.3 Å². The second kappa shape index (κ2) is 4.27. The fourth-order valence-corrected chi connectivity index (χ4v) is 2.90. The van der Waals surface area contributed by atoms with Gasteiger partial charge in [0.05, 0.1) is 0 Å². The average Bonchev–Trinajstić information content (AvgIpc) is 2.25. The van der Waals surface area contributed by atoms with Crippen LogP contribution in [-0.2, 0) is 13.0 Å². The van der Waals surface area contributed by atoms with E-state index < -0.39 is 0 Å². The molecule has 2 aliphatic rings. The zero-order valence-corrected chi connectivity index (χ0v) is 11.8. The molecule has 3 rings (SSSR count). The molecule has 0 aliphatic carbocycles. The Morgan fingerprint density at radius 1 is 1.17 bits per heavy atom. The summed E-state index contributed by atoms with van der Waals surface area (Å²) in [5.41, 5.74) is 4.90. The molecule has 0 aromatic heterocycles. The number of fused-ring (bicyclic) bond motifs is 1. The third-order valence-electron chi connectivity index (χ3n) is 4.55. The number of nitrogens with one attached hydrogen (secondary N) is 1. The van der Waals surface area contributed by atoms with Crippen LogP contribution in [0.2, 0.25) is 0 Å². The van der Waals surface area contributed by atoms with Gasteiger partial charge in [-0.2, -0.15) is 0 Å². The van der Waals surface area contributed by atoms with Crippen molar-refractivity contribution in [1.29, 1.82) is 0 Å². The maximum absolute atomic E-state index is 3.46. The van der Waals surface area contributed by atoms with Gasteiger partial charge in [-0.05, 0) is 47.6 Å². The van der Waals surface area contributed by atoms with Crippen molar-refractivity contribution in [2.24, 2.45) is 11.3 Å². The summed E-state index contributed by atoms with van der Waals surface area (Å²) in [5.74, 6) is 0.839. The Kier molecular flexibility index (Phi) is 2.86. The van der Waals surface area contributed by atoms with E-state index in [1.807, 2.05) is 0 Å². The fourth-order valence-electron chi connectivity index (χ4n) is 2.90. The molecule has 0 amide bonds. The molecular formula is C16H24N2. The van der Waals surface area contributed by atoms with Crippen molar-refractivity contribution >= 4 is 5.69 Å². The Morgan fingerprint density at radius 2 is 1.94 bits per heavy atom. The highest BCUT2D eigenvalue weighted by atomic mass is 15.2. The largest absolute Gasteiger partial charge is 0.371 e.